The number of hydrogen-bond acceptors (Lipinski definition) is 4. The van der Waals surface area contributed by atoms with E-state index < -0.39 is 0 Å². The molecule has 0 aliphatic heterocycles. The third kappa shape index (κ3) is 3.01. The van der Waals surface area contributed by atoms with Crippen LogP contribution in [-0.4, -0.2) is 9.59 Å². The second-order valence-corrected chi connectivity index (χ2v) is 6.57. The Hall–Kier alpha value is -1.26. The van der Waals surface area contributed by atoms with Crippen LogP contribution in [0.1, 0.15) is 55.4 Å². The highest BCUT2D eigenvalue weighted by Gasteiger charge is 2.18. The molecule has 2 N–H and O–H groups in total. The molecule has 0 aliphatic carbocycles. The second kappa shape index (κ2) is 5.39. The summed E-state index contributed by atoms with van der Waals surface area (Å²) in [5.74, 6) is 0. The molecule has 0 saturated carbocycles. The monoisotopic (exact) mass is 275 g/mol. The SMILES string of the molecule is CCc1nnsc1C(N)c1ccc(C(C)(C)C)cc1. The molecule has 0 radical (unpaired) electrons. The van der Waals surface area contributed by atoms with Crippen LogP contribution in [-0.2, 0) is 11.8 Å². The van der Waals surface area contributed by atoms with Gasteiger partial charge in [-0.3, -0.25) is 0 Å². The minimum absolute atomic E-state index is 0.121. The van der Waals surface area contributed by atoms with Gasteiger partial charge in [0, 0.05) is 0 Å². The fourth-order valence-corrected chi connectivity index (χ4v) is 2.81. The van der Waals surface area contributed by atoms with Gasteiger partial charge in [-0.15, -0.1) is 5.10 Å². The highest BCUT2D eigenvalue weighted by molar-refractivity contribution is 7.05. The Morgan fingerprint density at radius 1 is 1.21 bits per heavy atom. The lowest BCUT2D eigenvalue weighted by Crippen LogP contribution is -2.14. The summed E-state index contributed by atoms with van der Waals surface area (Å²) < 4.78 is 4.01. The van der Waals surface area contributed by atoms with E-state index in [0.29, 0.717) is 0 Å². The number of nitrogens with zero attached hydrogens (tertiary/aromatic N) is 2. The average Bonchev–Trinajstić information content (AvgIpc) is 2.85. The van der Waals surface area contributed by atoms with E-state index in [0.717, 1.165) is 22.6 Å². The molecule has 3 nitrogen and oxygen atoms in total. The first-order valence-electron chi connectivity index (χ1n) is 6.60. The minimum atomic E-state index is -0.121. The first kappa shape index (κ1) is 14.2. The standard InChI is InChI=1S/C15H21N3S/c1-5-12-14(19-18-17-12)13(16)10-6-8-11(9-7-10)15(2,3)4/h6-9,13H,5,16H2,1-4H3. The van der Waals surface area contributed by atoms with E-state index >= 15 is 0 Å². The number of aryl methyl sites for hydroxylation is 1. The van der Waals surface area contributed by atoms with Crippen LogP contribution in [0.15, 0.2) is 24.3 Å². The third-order valence-corrected chi connectivity index (χ3v) is 4.19. The van der Waals surface area contributed by atoms with Crippen LogP contribution in [0.4, 0.5) is 0 Å². The van der Waals surface area contributed by atoms with Crippen molar-refractivity contribution in [2.24, 2.45) is 5.73 Å². The first-order valence-corrected chi connectivity index (χ1v) is 7.38. The number of nitrogens with two attached hydrogens (primary N) is 1. The highest BCUT2D eigenvalue weighted by Crippen LogP contribution is 2.28. The molecule has 1 aromatic heterocycles. The highest BCUT2D eigenvalue weighted by atomic mass is 32.1. The Bertz CT molecular complexity index is 537. The zero-order chi connectivity index (χ0) is 14.0. The zero-order valence-electron chi connectivity index (χ0n) is 12.0. The predicted molar refractivity (Wildman–Crippen MR) is 80.5 cm³/mol. The summed E-state index contributed by atoms with van der Waals surface area (Å²) in [5.41, 5.74) is 9.95. The van der Waals surface area contributed by atoms with E-state index in [1.165, 1.54) is 17.1 Å². The van der Waals surface area contributed by atoms with E-state index in [1.54, 1.807) is 0 Å². The third-order valence-electron chi connectivity index (χ3n) is 3.34. The molecular weight excluding hydrogens is 254 g/mol. The maximum absolute atomic E-state index is 6.33. The average molecular weight is 275 g/mol. The smallest absolute Gasteiger partial charge is 0.0804 e. The van der Waals surface area contributed by atoms with Crippen molar-refractivity contribution in [2.75, 3.05) is 0 Å². The molecule has 2 rings (SSSR count). The summed E-state index contributed by atoms with van der Waals surface area (Å²) in [5, 5.41) is 4.13. The van der Waals surface area contributed by atoms with E-state index in [4.69, 9.17) is 5.73 Å². The van der Waals surface area contributed by atoms with Gasteiger partial charge in [0.1, 0.15) is 0 Å². The fraction of sp³-hybridized carbons (Fsp3) is 0.467. The molecule has 0 saturated heterocycles. The van der Waals surface area contributed by atoms with Gasteiger partial charge in [0.25, 0.3) is 0 Å². The molecule has 0 amide bonds. The topological polar surface area (TPSA) is 51.8 Å². The van der Waals surface area contributed by atoms with Gasteiger partial charge >= 0.3 is 0 Å². The van der Waals surface area contributed by atoms with Crippen molar-refractivity contribution in [1.82, 2.24) is 9.59 Å². The molecule has 0 fully saturated rings. The molecule has 102 valence electrons. The molecule has 1 atom stereocenters. The van der Waals surface area contributed by atoms with E-state index in [-0.39, 0.29) is 11.5 Å². The van der Waals surface area contributed by atoms with E-state index in [2.05, 4.69) is 61.5 Å². The van der Waals surface area contributed by atoms with Gasteiger partial charge in [-0.1, -0.05) is 56.4 Å². The lowest BCUT2D eigenvalue weighted by molar-refractivity contribution is 0.589. The van der Waals surface area contributed by atoms with Gasteiger partial charge < -0.3 is 5.73 Å². The van der Waals surface area contributed by atoms with Gasteiger partial charge in [0.05, 0.1) is 16.6 Å². The Balaban J connectivity index is 2.28. The van der Waals surface area contributed by atoms with Crippen molar-refractivity contribution in [3.8, 4) is 0 Å². The van der Waals surface area contributed by atoms with Crippen LogP contribution < -0.4 is 5.73 Å². The molecule has 0 aliphatic rings. The number of benzene rings is 1. The maximum Gasteiger partial charge on any atom is 0.0804 e. The van der Waals surface area contributed by atoms with Crippen molar-refractivity contribution in [3.63, 3.8) is 0 Å². The summed E-state index contributed by atoms with van der Waals surface area (Å²) in [6.07, 6.45) is 0.875. The normalized spacial score (nSPS) is 13.5. The summed E-state index contributed by atoms with van der Waals surface area (Å²) in [7, 11) is 0. The van der Waals surface area contributed by atoms with Crippen LogP contribution in [0.2, 0.25) is 0 Å². The summed E-state index contributed by atoms with van der Waals surface area (Å²) >= 11 is 1.40. The molecule has 1 aromatic carbocycles. The van der Waals surface area contributed by atoms with Crippen LogP contribution >= 0.6 is 11.5 Å². The van der Waals surface area contributed by atoms with Gasteiger partial charge in [0.15, 0.2) is 0 Å². The Morgan fingerprint density at radius 3 is 2.37 bits per heavy atom. The molecule has 1 heterocycles. The maximum atomic E-state index is 6.33. The van der Waals surface area contributed by atoms with Crippen LogP contribution in [0.25, 0.3) is 0 Å². The van der Waals surface area contributed by atoms with Crippen LogP contribution in [0.5, 0.6) is 0 Å². The van der Waals surface area contributed by atoms with Crippen molar-refractivity contribution >= 4 is 11.5 Å². The Labute approximate surface area is 119 Å². The molecule has 0 spiro atoms. The quantitative estimate of drug-likeness (QED) is 0.933. The summed E-state index contributed by atoms with van der Waals surface area (Å²) in [6, 6.07) is 8.43. The first-order chi connectivity index (χ1) is 8.93. The van der Waals surface area contributed by atoms with Crippen molar-refractivity contribution in [3.05, 3.63) is 46.0 Å². The molecule has 2 aromatic rings. The molecule has 0 bridgehead atoms. The largest absolute Gasteiger partial charge is 0.320 e. The Morgan fingerprint density at radius 2 is 1.84 bits per heavy atom. The van der Waals surface area contributed by atoms with E-state index in [1.807, 2.05) is 0 Å². The van der Waals surface area contributed by atoms with E-state index in [9.17, 15) is 0 Å². The predicted octanol–water partition coefficient (Wildman–Crippen LogP) is 3.45. The number of hydrogen-bond donors (Lipinski definition) is 1. The molecule has 1 unspecified atom stereocenters. The van der Waals surface area contributed by atoms with Crippen molar-refractivity contribution < 1.29 is 0 Å². The van der Waals surface area contributed by atoms with Crippen molar-refractivity contribution in [2.45, 2.75) is 45.6 Å². The lowest BCUT2D eigenvalue weighted by Gasteiger charge is -2.20. The van der Waals surface area contributed by atoms with Gasteiger partial charge in [0.2, 0.25) is 0 Å². The number of rotatable bonds is 3. The molecule has 19 heavy (non-hydrogen) atoms. The van der Waals surface area contributed by atoms with Crippen molar-refractivity contribution in [1.29, 1.82) is 0 Å². The van der Waals surface area contributed by atoms with Gasteiger partial charge in [-0.25, -0.2) is 0 Å². The van der Waals surface area contributed by atoms with Crippen LogP contribution in [0.3, 0.4) is 0 Å². The fourth-order valence-electron chi connectivity index (χ4n) is 2.04. The molecule has 4 heteroatoms. The Kier molecular flexibility index (Phi) is 4.02. The van der Waals surface area contributed by atoms with Gasteiger partial charge in [-0.2, -0.15) is 0 Å². The van der Waals surface area contributed by atoms with Gasteiger partial charge in [-0.05, 0) is 34.5 Å². The zero-order valence-corrected chi connectivity index (χ0v) is 12.8. The number of aromatic nitrogens is 2. The summed E-state index contributed by atoms with van der Waals surface area (Å²) in [4.78, 5) is 1.08. The minimum Gasteiger partial charge on any atom is -0.320 e. The van der Waals surface area contributed by atoms with Crippen LogP contribution in [0, 0.1) is 0 Å². The second-order valence-electron chi connectivity index (χ2n) is 5.79. The molecular formula is C15H21N3S. The summed E-state index contributed by atoms with van der Waals surface area (Å²) in [6.45, 7) is 8.72. The lowest BCUT2D eigenvalue weighted by atomic mass is 9.86.